The Morgan fingerprint density at radius 1 is 1.10 bits per heavy atom. The van der Waals surface area contributed by atoms with Crippen molar-refractivity contribution in [1.82, 2.24) is 4.90 Å². The Kier molecular flexibility index (Phi) is 4.31. The Morgan fingerprint density at radius 2 is 1.65 bits per heavy atom. The lowest BCUT2D eigenvalue weighted by molar-refractivity contribution is -0.150. The van der Waals surface area contributed by atoms with Gasteiger partial charge in [0.1, 0.15) is 0 Å². The third-order valence-electron chi connectivity index (χ3n) is 5.95. The lowest BCUT2D eigenvalue weighted by atomic mass is 9.51. The van der Waals surface area contributed by atoms with E-state index in [0.29, 0.717) is 35.6 Å². The van der Waals surface area contributed by atoms with Gasteiger partial charge in [-0.25, -0.2) is 0 Å². The molecule has 1 amide bonds. The van der Waals surface area contributed by atoms with Crippen LogP contribution in [0, 0.1) is 29.6 Å². The van der Waals surface area contributed by atoms with Gasteiger partial charge in [-0.05, 0) is 76.0 Å². The highest BCUT2D eigenvalue weighted by atomic mass is 35.5. The van der Waals surface area contributed by atoms with Crippen LogP contribution in [0.3, 0.4) is 0 Å². The number of amides is 1. The van der Waals surface area contributed by atoms with Crippen molar-refractivity contribution in [2.75, 3.05) is 12.4 Å². The molecule has 20 heavy (non-hydrogen) atoms. The van der Waals surface area contributed by atoms with Crippen molar-refractivity contribution in [2.24, 2.45) is 29.6 Å². The SMILES string of the molecule is CC(C)N(CCCCl)C(=O)C1C2CC3CC(C2)CC1C3. The van der Waals surface area contributed by atoms with Gasteiger partial charge in [-0.3, -0.25) is 4.79 Å². The van der Waals surface area contributed by atoms with Crippen molar-refractivity contribution >= 4 is 17.5 Å². The zero-order chi connectivity index (χ0) is 14.3. The highest BCUT2D eigenvalue weighted by Gasteiger charge is 2.51. The van der Waals surface area contributed by atoms with Crippen LogP contribution < -0.4 is 0 Å². The fourth-order valence-electron chi connectivity index (χ4n) is 5.37. The van der Waals surface area contributed by atoms with Crippen LogP contribution in [-0.4, -0.2) is 29.3 Å². The lowest BCUT2D eigenvalue weighted by Gasteiger charge is -2.54. The lowest BCUT2D eigenvalue weighted by Crippen LogP contribution is -2.53. The van der Waals surface area contributed by atoms with Gasteiger partial charge >= 0.3 is 0 Å². The van der Waals surface area contributed by atoms with Gasteiger partial charge < -0.3 is 4.90 Å². The van der Waals surface area contributed by atoms with E-state index in [4.69, 9.17) is 11.6 Å². The Hall–Kier alpha value is -0.240. The number of hydrogen-bond acceptors (Lipinski definition) is 1. The van der Waals surface area contributed by atoms with Crippen LogP contribution in [0.5, 0.6) is 0 Å². The van der Waals surface area contributed by atoms with Gasteiger partial charge in [0.15, 0.2) is 0 Å². The highest BCUT2D eigenvalue weighted by Crippen LogP contribution is 2.56. The van der Waals surface area contributed by atoms with E-state index >= 15 is 0 Å². The summed E-state index contributed by atoms with van der Waals surface area (Å²) < 4.78 is 0. The van der Waals surface area contributed by atoms with Crippen molar-refractivity contribution in [3.8, 4) is 0 Å². The maximum Gasteiger partial charge on any atom is 0.226 e. The van der Waals surface area contributed by atoms with Gasteiger partial charge in [0, 0.05) is 24.4 Å². The summed E-state index contributed by atoms with van der Waals surface area (Å²) in [6, 6.07) is 0.308. The zero-order valence-electron chi connectivity index (χ0n) is 12.9. The van der Waals surface area contributed by atoms with E-state index < -0.39 is 0 Å². The average molecular weight is 298 g/mol. The smallest absolute Gasteiger partial charge is 0.226 e. The fourth-order valence-corrected chi connectivity index (χ4v) is 5.49. The minimum absolute atomic E-state index is 0.308. The normalized spacial score (nSPS) is 38.5. The predicted octanol–water partition coefficient (Wildman–Crippen LogP) is 3.92. The Balaban J connectivity index is 1.72. The van der Waals surface area contributed by atoms with E-state index in [1.165, 1.54) is 32.1 Å². The van der Waals surface area contributed by atoms with Gasteiger partial charge in [0.05, 0.1) is 0 Å². The molecule has 0 N–H and O–H groups in total. The van der Waals surface area contributed by atoms with Crippen molar-refractivity contribution in [1.29, 1.82) is 0 Å². The predicted molar refractivity (Wildman–Crippen MR) is 82.7 cm³/mol. The van der Waals surface area contributed by atoms with Crippen LogP contribution in [0.2, 0.25) is 0 Å². The molecule has 0 aromatic carbocycles. The zero-order valence-corrected chi connectivity index (χ0v) is 13.6. The summed E-state index contributed by atoms with van der Waals surface area (Å²) in [6.45, 7) is 5.12. The summed E-state index contributed by atoms with van der Waals surface area (Å²) in [4.78, 5) is 15.2. The quantitative estimate of drug-likeness (QED) is 0.704. The molecule has 4 bridgehead atoms. The molecule has 4 saturated carbocycles. The van der Waals surface area contributed by atoms with Gasteiger partial charge in [0.2, 0.25) is 5.91 Å². The summed E-state index contributed by atoms with van der Waals surface area (Å²) in [5.41, 5.74) is 0. The first kappa shape index (κ1) is 14.7. The number of alkyl halides is 1. The van der Waals surface area contributed by atoms with Crippen LogP contribution in [0.15, 0.2) is 0 Å². The summed E-state index contributed by atoms with van der Waals surface area (Å²) in [7, 11) is 0. The number of carbonyl (C=O) groups excluding carboxylic acids is 1. The Morgan fingerprint density at radius 3 is 2.10 bits per heavy atom. The van der Waals surface area contributed by atoms with Crippen molar-refractivity contribution in [2.45, 2.75) is 58.4 Å². The molecule has 0 aromatic heterocycles. The van der Waals surface area contributed by atoms with Crippen LogP contribution in [0.25, 0.3) is 0 Å². The maximum atomic E-state index is 13.1. The molecule has 4 aliphatic rings. The van der Waals surface area contributed by atoms with E-state index in [-0.39, 0.29) is 0 Å². The number of hydrogen-bond donors (Lipinski definition) is 0. The standard InChI is InChI=1S/C17H28ClNO/c1-11(2)19(5-3-4-18)17(20)16-14-7-12-6-13(9-14)10-15(16)8-12/h11-16H,3-10H2,1-2H3. The average Bonchev–Trinajstić information content (AvgIpc) is 2.37. The van der Waals surface area contributed by atoms with Crippen molar-refractivity contribution in [3.05, 3.63) is 0 Å². The molecule has 2 nitrogen and oxygen atoms in total. The van der Waals surface area contributed by atoms with E-state index in [0.717, 1.165) is 24.8 Å². The molecule has 4 aliphatic carbocycles. The second-order valence-corrected chi connectivity index (χ2v) is 8.00. The van der Waals surface area contributed by atoms with Gasteiger partial charge in [0.25, 0.3) is 0 Å². The molecule has 0 saturated heterocycles. The highest BCUT2D eigenvalue weighted by molar-refractivity contribution is 6.17. The van der Waals surface area contributed by atoms with E-state index in [1.54, 1.807) is 0 Å². The minimum atomic E-state index is 0.308. The molecule has 3 heteroatoms. The van der Waals surface area contributed by atoms with Crippen LogP contribution in [-0.2, 0) is 4.79 Å². The summed E-state index contributed by atoms with van der Waals surface area (Å²) >= 11 is 5.82. The first-order valence-electron chi connectivity index (χ1n) is 8.46. The van der Waals surface area contributed by atoms with Crippen LogP contribution >= 0.6 is 11.6 Å². The Bertz CT molecular complexity index is 340. The van der Waals surface area contributed by atoms with Gasteiger partial charge in [-0.2, -0.15) is 0 Å². The van der Waals surface area contributed by atoms with Gasteiger partial charge in [-0.1, -0.05) is 0 Å². The fraction of sp³-hybridized carbons (Fsp3) is 0.941. The number of carbonyl (C=O) groups is 1. The van der Waals surface area contributed by atoms with Crippen LogP contribution in [0.4, 0.5) is 0 Å². The summed E-state index contributed by atoms with van der Waals surface area (Å²) in [5, 5.41) is 0. The van der Waals surface area contributed by atoms with E-state index in [9.17, 15) is 4.79 Å². The first-order valence-corrected chi connectivity index (χ1v) is 9.00. The largest absolute Gasteiger partial charge is 0.340 e. The topological polar surface area (TPSA) is 20.3 Å². The number of halogens is 1. The molecule has 0 aromatic rings. The number of rotatable bonds is 5. The molecule has 114 valence electrons. The maximum absolute atomic E-state index is 13.1. The molecule has 0 heterocycles. The van der Waals surface area contributed by atoms with E-state index in [2.05, 4.69) is 18.7 Å². The van der Waals surface area contributed by atoms with Crippen LogP contribution in [0.1, 0.15) is 52.4 Å². The molecule has 0 aliphatic heterocycles. The third kappa shape index (κ3) is 2.61. The summed E-state index contributed by atoms with van der Waals surface area (Å²) in [6.07, 6.45) is 7.66. The molecule has 0 unspecified atom stereocenters. The molecule has 4 rings (SSSR count). The molecule has 0 atom stereocenters. The third-order valence-corrected chi connectivity index (χ3v) is 6.22. The minimum Gasteiger partial charge on any atom is -0.340 e. The monoisotopic (exact) mass is 297 g/mol. The molecular weight excluding hydrogens is 270 g/mol. The summed E-state index contributed by atoms with van der Waals surface area (Å²) in [5.74, 6) is 4.69. The van der Waals surface area contributed by atoms with Gasteiger partial charge in [-0.15, -0.1) is 11.6 Å². The van der Waals surface area contributed by atoms with E-state index in [1.807, 2.05) is 0 Å². The first-order chi connectivity index (χ1) is 9.60. The number of nitrogens with zero attached hydrogens (tertiary/aromatic N) is 1. The second kappa shape index (κ2) is 5.87. The van der Waals surface area contributed by atoms with Crippen molar-refractivity contribution in [3.63, 3.8) is 0 Å². The molecule has 4 fully saturated rings. The van der Waals surface area contributed by atoms with Crippen molar-refractivity contribution < 1.29 is 4.79 Å². The molecular formula is C17H28ClNO. The second-order valence-electron chi connectivity index (χ2n) is 7.62. The Labute approximate surface area is 128 Å². The molecule has 0 radical (unpaired) electrons. The molecule has 0 spiro atoms.